The Kier molecular flexibility index (Phi) is 3.58. The van der Waals surface area contributed by atoms with Crippen LogP contribution in [0.3, 0.4) is 0 Å². The topological polar surface area (TPSA) is 131 Å². The average molecular weight is 331 g/mol. The third-order valence-electron chi connectivity index (χ3n) is 3.64. The Morgan fingerprint density at radius 2 is 1.96 bits per heavy atom. The van der Waals surface area contributed by atoms with Crippen LogP contribution in [-0.2, 0) is 0 Å². The number of pyridine rings is 2. The summed E-state index contributed by atoms with van der Waals surface area (Å²) in [4.78, 5) is 8.43. The van der Waals surface area contributed by atoms with Gasteiger partial charge in [-0.3, -0.25) is 4.98 Å². The lowest BCUT2D eigenvalue weighted by molar-refractivity contribution is 0.881. The van der Waals surface area contributed by atoms with Gasteiger partial charge in [-0.05, 0) is 30.3 Å². The van der Waals surface area contributed by atoms with Crippen molar-refractivity contribution in [1.29, 1.82) is 0 Å². The SMILES string of the molecule is Cc1ccc2cnc(N)c(N=Nc3ccc(-c4nn[nH]n4)nc3)c2c1. The molecule has 122 valence electrons. The van der Waals surface area contributed by atoms with Crippen LogP contribution in [0.1, 0.15) is 5.56 Å². The van der Waals surface area contributed by atoms with Gasteiger partial charge < -0.3 is 5.73 Å². The standard InChI is InChI=1S/C16H13N9/c1-9-2-3-10-7-19-15(17)14(12(10)6-9)21-20-11-4-5-13(18-8-11)16-22-24-25-23-16/h2-8H,1H3,(H2,17,19)(H,22,23,24,25). The second-order valence-electron chi connectivity index (χ2n) is 5.42. The Balaban J connectivity index is 1.69. The highest BCUT2D eigenvalue weighted by Gasteiger charge is 2.07. The lowest BCUT2D eigenvalue weighted by Crippen LogP contribution is -1.91. The smallest absolute Gasteiger partial charge is 0.222 e. The van der Waals surface area contributed by atoms with Gasteiger partial charge in [0.25, 0.3) is 0 Å². The van der Waals surface area contributed by atoms with E-state index in [-0.39, 0.29) is 0 Å². The maximum absolute atomic E-state index is 5.98. The minimum atomic E-state index is 0.332. The van der Waals surface area contributed by atoms with Crippen LogP contribution in [0.4, 0.5) is 17.2 Å². The molecule has 3 aromatic heterocycles. The number of rotatable bonds is 3. The zero-order valence-corrected chi connectivity index (χ0v) is 13.2. The number of nitrogens with zero attached hydrogens (tertiary/aromatic N) is 7. The molecule has 0 spiro atoms. The molecule has 0 saturated carbocycles. The monoisotopic (exact) mass is 331 g/mol. The molecule has 0 amide bonds. The molecule has 0 unspecified atom stereocenters. The van der Waals surface area contributed by atoms with Crippen molar-refractivity contribution in [2.75, 3.05) is 5.73 Å². The molecule has 0 radical (unpaired) electrons. The molecular formula is C16H13N9. The van der Waals surface area contributed by atoms with Crippen molar-refractivity contribution in [3.8, 4) is 11.5 Å². The molecule has 0 saturated heterocycles. The van der Waals surface area contributed by atoms with Crippen LogP contribution in [0, 0.1) is 6.92 Å². The van der Waals surface area contributed by atoms with E-state index >= 15 is 0 Å². The number of anilines is 1. The number of aryl methyl sites for hydroxylation is 1. The summed E-state index contributed by atoms with van der Waals surface area (Å²) in [7, 11) is 0. The number of azo groups is 1. The number of aromatic nitrogens is 6. The first-order chi connectivity index (χ1) is 12.2. The molecule has 0 bridgehead atoms. The molecule has 4 aromatic rings. The quantitative estimate of drug-likeness (QED) is 0.554. The first kappa shape index (κ1) is 14.8. The number of tetrazole rings is 1. The van der Waals surface area contributed by atoms with Crippen LogP contribution >= 0.6 is 0 Å². The number of nitrogens with two attached hydrogens (primary N) is 1. The Labute approximate surface area is 142 Å². The van der Waals surface area contributed by atoms with E-state index in [0.717, 1.165) is 16.3 Å². The van der Waals surface area contributed by atoms with Crippen LogP contribution in [-0.4, -0.2) is 30.6 Å². The molecule has 1 aromatic carbocycles. The molecule has 9 heteroatoms. The van der Waals surface area contributed by atoms with Crippen LogP contribution in [0.2, 0.25) is 0 Å². The highest BCUT2D eigenvalue weighted by atomic mass is 15.5. The number of hydrogen-bond donors (Lipinski definition) is 2. The fourth-order valence-corrected chi connectivity index (χ4v) is 2.39. The molecule has 0 aliphatic rings. The highest BCUT2D eigenvalue weighted by molar-refractivity contribution is 5.96. The molecular weight excluding hydrogens is 318 g/mol. The molecule has 0 aliphatic heterocycles. The van der Waals surface area contributed by atoms with Crippen molar-refractivity contribution in [3.05, 3.63) is 48.3 Å². The summed E-state index contributed by atoms with van der Waals surface area (Å²) < 4.78 is 0. The molecule has 4 rings (SSSR count). The molecule has 0 fully saturated rings. The summed E-state index contributed by atoms with van der Waals surface area (Å²) in [6.45, 7) is 2.01. The van der Waals surface area contributed by atoms with Crippen molar-refractivity contribution < 1.29 is 0 Å². The molecule has 0 aliphatic carbocycles. The van der Waals surface area contributed by atoms with Crippen LogP contribution in [0.25, 0.3) is 22.3 Å². The van der Waals surface area contributed by atoms with Gasteiger partial charge in [0, 0.05) is 17.0 Å². The minimum absolute atomic E-state index is 0.332. The molecule has 0 atom stereocenters. The average Bonchev–Trinajstić information content (AvgIpc) is 3.16. The predicted molar refractivity (Wildman–Crippen MR) is 92.5 cm³/mol. The lowest BCUT2D eigenvalue weighted by Gasteiger charge is -2.05. The number of nitrogen functional groups attached to an aromatic ring is 1. The fourth-order valence-electron chi connectivity index (χ4n) is 2.39. The number of benzene rings is 1. The number of hydrogen-bond acceptors (Lipinski definition) is 8. The Morgan fingerprint density at radius 3 is 2.72 bits per heavy atom. The number of H-pyrrole nitrogens is 1. The summed E-state index contributed by atoms with van der Waals surface area (Å²) in [6, 6.07) is 9.52. The van der Waals surface area contributed by atoms with Crippen LogP contribution in [0.15, 0.2) is 53.0 Å². The van der Waals surface area contributed by atoms with Gasteiger partial charge >= 0.3 is 0 Å². The van der Waals surface area contributed by atoms with Crippen LogP contribution < -0.4 is 5.73 Å². The number of nitrogens with one attached hydrogen (secondary N) is 1. The minimum Gasteiger partial charge on any atom is -0.382 e. The van der Waals surface area contributed by atoms with E-state index in [9.17, 15) is 0 Å². The van der Waals surface area contributed by atoms with E-state index in [4.69, 9.17) is 5.73 Å². The van der Waals surface area contributed by atoms with Crippen molar-refractivity contribution in [3.63, 3.8) is 0 Å². The zero-order valence-electron chi connectivity index (χ0n) is 13.2. The van der Waals surface area contributed by atoms with E-state index in [0.29, 0.717) is 28.7 Å². The highest BCUT2D eigenvalue weighted by Crippen LogP contribution is 2.32. The van der Waals surface area contributed by atoms with E-state index in [1.54, 1.807) is 24.5 Å². The summed E-state index contributed by atoms with van der Waals surface area (Å²) >= 11 is 0. The first-order valence-electron chi connectivity index (χ1n) is 7.47. The summed E-state index contributed by atoms with van der Waals surface area (Å²) in [5.74, 6) is 0.750. The van der Waals surface area contributed by atoms with Crippen molar-refractivity contribution in [2.45, 2.75) is 6.92 Å². The summed E-state index contributed by atoms with van der Waals surface area (Å²) in [6.07, 6.45) is 3.31. The van der Waals surface area contributed by atoms with Gasteiger partial charge in [0.2, 0.25) is 5.82 Å². The molecule has 3 N–H and O–H groups in total. The van der Waals surface area contributed by atoms with Gasteiger partial charge in [-0.15, -0.1) is 20.4 Å². The first-order valence-corrected chi connectivity index (χ1v) is 7.47. The Hall–Kier alpha value is -3.75. The van der Waals surface area contributed by atoms with Gasteiger partial charge in [-0.1, -0.05) is 17.7 Å². The predicted octanol–water partition coefficient (Wildman–Crippen LogP) is 3.12. The van der Waals surface area contributed by atoms with E-state index in [1.165, 1.54) is 0 Å². The van der Waals surface area contributed by atoms with Gasteiger partial charge in [0.1, 0.15) is 17.1 Å². The van der Waals surface area contributed by atoms with Crippen molar-refractivity contribution in [2.24, 2.45) is 10.2 Å². The normalized spacial score (nSPS) is 11.4. The van der Waals surface area contributed by atoms with Gasteiger partial charge in [-0.2, -0.15) is 5.21 Å². The summed E-state index contributed by atoms with van der Waals surface area (Å²) in [5.41, 5.74) is 8.81. The van der Waals surface area contributed by atoms with Crippen LogP contribution in [0.5, 0.6) is 0 Å². The maximum atomic E-state index is 5.98. The van der Waals surface area contributed by atoms with Crippen molar-refractivity contribution >= 4 is 28.0 Å². The number of fused-ring (bicyclic) bond motifs is 1. The maximum Gasteiger partial charge on any atom is 0.222 e. The molecule has 25 heavy (non-hydrogen) atoms. The second kappa shape index (κ2) is 6.04. The summed E-state index contributed by atoms with van der Waals surface area (Å²) in [5, 5.41) is 24.0. The third kappa shape index (κ3) is 2.90. The van der Waals surface area contributed by atoms with Gasteiger partial charge in [0.15, 0.2) is 5.82 Å². The van der Waals surface area contributed by atoms with Crippen molar-refractivity contribution in [1.82, 2.24) is 30.6 Å². The van der Waals surface area contributed by atoms with E-state index < -0.39 is 0 Å². The fraction of sp³-hybridized carbons (Fsp3) is 0.0625. The molecule has 3 heterocycles. The molecule has 9 nitrogen and oxygen atoms in total. The van der Waals surface area contributed by atoms with E-state index in [1.807, 2.05) is 25.1 Å². The van der Waals surface area contributed by atoms with E-state index in [2.05, 4.69) is 40.8 Å². The lowest BCUT2D eigenvalue weighted by atomic mass is 10.1. The third-order valence-corrected chi connectivity index (χ3v) is 3.64. The van der Waals surface area contributed by atoms with Gasteiger partial charge in [0.05, 0.1) is 6.20 Å². The second-order valence-corrected chi connectivity index (χ2v) is 5.42. The largest absolute Gasteiger partial charge is 0.382 e. The van der Waals surface area contributed by atoms with Gasteiger partial charge in [-0.25, -0.2) is 4.98 Å². The Bertz CT molecular complexity index is 1050. The Morgan fingerprint density at radius 1 is 1.04 bits per heavy atom. The number of aromatic amines is 1. The zero-order chi connectivity index (χ0) is 17.2.